The van der Waals surface area contributed by atoms with Crippen molar-refractivity contribution in [1.29, 1.82) is 0 Å². The Labute approximate surface area is 170 Å². The molecule has 0 radical (unpaired) electrons. The molecule has 0 spiro atoms. The highest BCUT2D eigenvalue weighted by molar-refractivity contribution is 5.82. The zero-order valence-corrected chi connectivity index (χ0v) is 16.1. The summed E-state index contributed by atoms with van der Waals surface area (Å²) in [6.07, 6.45) is 10.5. The first-order chi connectivity index (χ1) is 14.3. The van der Waals surface area contributed by atoms with Crippen LogP contribution in [0.3, 0.4) is 0 Å². The van der Waals surface area contributed by atoms with Crippen molar-refractivity contribution >= 4 is 11.7 Å². The fourth-order valence-electron chi connectivity index (χ4n) is 3.98. The van der Waals surface area contributed by atoms with E-state index in [4.69, 9.17) is 4.98 Å². The molecule has 1 aliphatic carbocycles. The SMILES string of the molecule is O=C1C(CC2=CC=CC2)Nc2c(Cc3ccccc3)nc(-c3ccccc3)c[n+]21. The summed E-state index contributed by atoms with van der Waals surface area (Å²) < 4.78 is 1.77. The van der Waals surface area contributed by atoms with Crippen LogP contribution >= 0.6 is 0 Å². The molecule has 4 nitrogen and oxygen atoms in total. The van der Waals surface area contributed by atoms with Crippen molar-refractivity contribution in [3.05, 3.63) is 102 Å². The van der Waals surface area contributed by atoms with Gasteiger partial charge in [-0.1, -0.05) is 84.5 Å². The van der Waals surface area contributed by atoms with E-state index >= 15 is 0 Å². The van der Waals surface area contributed by atoms with Crippen LogP contribution in [0.2, 0.25) is 0 Å². The van der Waals surface area contributed by atoms with Gasteiger partial charge in [-0.3, -0.25) is 5.32 Å². The number of carbonyl (C=O) groups excluding carboxylic acids is 1. The maximum absolute atomic E-state index is 13.2. The topological polar surface area (TPSA) is 45.9 Å². The summed E-state index contributed by atoms with van der Waals surface area (Å²) >= 11 is 0. The third-order valence-electron chi connectivity index (χ3n) is 5.47. The highest BCUT2D eigenvalue weighted by atomic mass is 16.2. The molecule has 142 valence electrons. The normalized spacial score (nSPS) is 17.2. The van der Waals surface area contributed by atoms with E-state index in [1.807, 2.05) is 54.7 Å². The number of hydrogen-bond acceptors (Lipinski definition) is 3. The van der Waals surface area contributed by atoms with Gasteiger partial charge in [-0.05, 0) is 12.0 Å². The summed E-state index contributed by atoms with van der Waals surface area (Å²) in [5.41, 5.74) is 5.18. The van der Waals surface area contributed by atoms with Crippen molar-refractivity contribution in [1.82, 2.24) is 4.98 Å². The maximum Gasteiger partial charge on any atom is 0.359 e. The molecule has 4 heteroatoms. The lowest BCUT2D eigenvalue weighted by molar-refractivity contribution is -0.552. The second kappa shape index (κ2) is 7.47. The second-order valence-electron chi connectivity index (χ2n) is 7.52. The van der Waals surface area contributed by atoms with Crippen LogP contribution in [0.4, 0.5) is 5.82 Å². The molecule has 0 fully saturated rings. The summed E-state index contributed by atoms with van der Waals surface area (Å²) in [5, 5.41) is 3.46. The maximum atomic E-state index is 13.2. The molecular formula is C25H22N3O+. The van der Waals surface area contributed by atoms with Crippen molar-refractivity contribution in [2.75, 3.05) is 5.32 Å². The van der Waals surface area contributed by atoms with Crippen molar-refractivity contribution < 1.29 is 9.36 Å². The van der Waals surface area contributed by atoms with Gasteiger partial charge in [0.15, 0.2) is 6.04 Å². The van der Waals surface area contributed by atoms with Gasteiger partial charge in [-0.2, -0.15) is 4.57 Å². The van der Waals surface area contributed by atoms with E-state index in [1.54, 1.807) is 4.57 Å². The number of benzene rings is 2. The van der Waals surface area contributed by atoms with E-state index in [2.05, 4.69) is 35.7 Å². The first-order valence-corrected chi connectivity index (χ1v) is 9.98. The van der Waals surface area contributed by atoms with Crippen LogP contribution < -0.4 is 9.88 Å². The minimum atomic E-state index is -0.247. The average Bonchev–Trinajstić information content (AvgIpc) is 3.38. The highest BCUT2D eigenvalue weighted by Crippen LogP contribution is 2.26. The third kappa shape index (κ3) is 3.49. The van der Waals surface area contributed by atoms with Gasteiger partial charge in [-0.25, -0.2) is 9.78 Å². The molecule has 0 saturated carbocycles. The van der Waals surface area contributed by atoms with Crippen LogP contribution in [0.25, 0.3) is 11.3 Å². The largest absolute Gasteiger partial charge is 0.359 e. The van der Waals surface area contributed by atoms with E-state index < -0.39 is 0 Å². The lowest BCUT2D eigenvalue weighted by Gasteiger charge is -2.07. The Morgan fingerprint density at radius 1 is 1.03 bits per heavy atom. The molecule has 0 amide bonds. The molecule has 0 saturated heterocycles. The molecule has 1 aliphatic heterocycles. The molecule has 2 aromatic carbocycles. The van der Waals surface area contributed by atoms with Gasteiger partial charge in [0.1, 0.15) is 17.6 Å². The fraction of sp³-hybridized carbons (Fsp3) is 0.160. The molecule has 1 unspecified atom stereocenters. The Hall–Kier alpha value is -3.53. The van der Waals surface area contributed by atoms with Gasteiger partial charge in [0.25, 0.3) is 0 Å². The van der Waals surface area contributed by atoms with Crippen LogP contribution in [0.1, 0.15) is 28.9 Å². The lowest BCUT2D eigenvalue weighted by atomic mass is 10.1. The standard InChI is InChI=1S/C25H21N3O/c29-25-22(16-19-11-7-8-12-19)27-24-21(15-18-9-3-1-4-10-18)26-23(17-28(24)25)20-13-5-2-6-14-20/h1-11,13-14,17,22H,12,15-16H2/p+1. The number of aromatic nitrogens is 2. The van der Waals surface area contributed by atoms with E-state index in [0.717, 1.165) is 35.6 Å². The summed E-state index contributed by atoms with van der Waals surface area (Å²) in [5.74, 6) is 0.900. The van der Waals surface area contributed by atoms with Gasteiger partial charge in [0.2, 0.25) is 0 Å². The third-order valence-corrected chi connectivity index (χ3v) is 5.47. The van der Waals surface area contributed by atoms with Crippen molar-refractivity contribution in [3.8, 4) is 11.3 Å². The second-order valence-corrected chi connectivity index (χ2v) is 7.52. The number of anilines is 1. The van der Waals surface area contributed by atoms with Crippen molar-refractivity contribution in [2.24, 2.45) is 0 Å². The Bertz CT molecular complexity index is 1120. The van der Waals surface area contributed by atoms with Crippen LogP contribution in [-0.2, 0) is 6.42 Å². The van der Waals surface area contributed by atoms with E-state index in [9.17, 15) is 4.79 Å². The quantitative estimate of drug-likeness (QED) is 0.670. The lowest BCUT2D eigenvalue weighted by Crippen LogP contribution is -2.43. The number of allylic oxidation sites excluding steroid dienone is 3. The zero-order chi connectivity index (χ0) is 19.6. The number of fused-ring (bicyclic) bond motifs is 1. The monoisotopic (exact) mass is 380 g/mol. The fourth-order valence-corrected chi connectivity index (χ4v) is 3.98. The summed E-state index contributed by atoms with van der Waals surface area (Å²) in [4.78, 5) is 18.1. The minimum Gasteiger partial charge on any atom is -0.258 e. The Morgan fingerprint density at radius 3 is 2.52 bits per heavy atom. The van der Waals surface area contributed by atoms with Crippen LogP contribution in [0, 0.1) is 0 Å². The Kier molecular flexibility index (Phi) is 4.53. The summed E-state index contributed by atoms with van der Waals surface area (Å²) in [6.45, 7) is 0. The number of nitrogens with zero attached hydrogens (tertiary/aromatic N) is 2. The molecule has 2 aliphatic rings. The first-order valence-electron chi connectivity index (χ1n) is 9.98. The zero-order valence-electron chi connectivity index (χ0n) is 16.1. The smallest absolute Gasteiger partial charge is 0.258 e. The molecule has 3 aromatic rings. The molecule has 29 heavy (non-hydrogen) atoms. The number of rotatable bonds is 5. The molecule has 1 aromatic heterocycles. The minimum absolute atomic E-state index is 0.0849. The van der Waals surface area contributed by atoms with Crippen molar-refractivity contribution in [3.63, 3.8) is 0 Å². The van der Waals surface area contributed by atoms with Gasteiger partial charge in [0, 0.05) is 18.4 Å². The molecule has 2 heterocycles. The van der Waals surface area contributed by atoms with Crippen LogP contribution in [-0.4, -0.2) is 16.9 Å². The summed E-state index contributed by atoms with van der Waals surface area (Å²) in [6, 6.07) is 20.1. The number of hydrogen-bond donors (Lipinski definition) is 1. The van der Waals surface area contributed by atoms with E-state index in [-0.39, 0.29) is 11.9 Å². The highest BCUT2D eigenvalue weighted by Gasteiger charge is 2.41. The molecular weight excluding hydrogens is 358 g/mol. The Balaban J connectivity index is 1.55. The molecule has 1 N–H and O–H groups in total. The predicted octanol–water partition coefficient (Wildman–Crippen LogP) is 4.34. The predicted molar refractivity (Wildman–Crippen MR) is 114 cm³/mol. The Morgan fingerprint density at radius 2 is 1.79 bits per heavy atom. The molecule has 5 rings (SSSR count). The molecule has 1 atom stereocenters. The van der Waals surface area contributed by atoms with Gasteiger partial charge in [0.05, 0.1) is 0 Å². The number of nitrogens with one attached hydrogen (secondary N) is 1. The van der Waals surface area contributed by atoms with E-state index in [0.29, 0.717) is 6.42 Å². The van der Waals surface area contributed by atoms with E-state index in [1.165, 1.54) is 11.1 Å². The molecule has 0 bridgehead atoms. The average molecular weight is 380 g/mol. The summed E-state index contributed by atoms with van der Waals surface area (Å²) in [7, 11) is 0. The van der Waals surface area contributed by atoms with Crippen LogP contribution in [0.5, 0.6) is 0 Å². The van der Waals surface area contributed by atoms with Crippen molar-refractivity contribution in [2.45, 2.75) is 25.3 Å². The first kappa shape index (κ1) is 17.6. The van der Waals surface area contributed by atoms with Gasteiger partial charge < -0.3 is 0 Å². The van der Waals surface area contributed by atoms with Gasteiger partial charge in [-0.15, -0.1) is 0 Å². The number of carbonyl (C=O) groups is 1. The van der Waals surface area contributed by atoms with Crippen LogP contribution in [0.15, 0.2) is 90.7 Å². The van der Waals surface area contributed by atoms with Gasteiger partial charge >= 0.3 is 11.7 Å².